The number of benzene rings is 1. The molecule has 33 heavy (non-hydrogen) atoms. The molecule has 1 fully saturated rings. The van der Waals surface area contributed by atoms with Gasteiger partial charge in [-0.25, -0.2) is 19.4 Å². The number of nitriles is 1. The van der Waals surface area contributed by atoms with Crippen LogP contribution in [-0.4, -0.2) is 48.9 Å². The first-order valence-corrected chi connectivity index (χ1v) is 10.5. The van der Waals surface area contributed by atoms with Crippen molar-refractivity contribution < 1.29 is 15.0 Å². The first-order valence-electron chi connectivity index (χ1n) is 10.5. The Balaban J connectivity index is 1.58. The molecule has 0 aliphatic carbocycles. The number of azo groups is 1. The molecule has 1 aromatic carbocycles. The van der Waals surface area contributed by atoms with E-state index in [4.69, 9.17) is 5.26 Å². The van der Waals surface area contributed by atoms with Gasteiger partial charge in [-0.2, -0.15) is 5.26 Å². The molecule has 0 radical (unpaired) electrons. The van der Waals surface area contributed by atoms with Crippen molar-refractivity contribution in [2.24, 2.45) is 16.1 Å². The van der Waals surface area contributed by atoms with E-state index >= 15 is 0 Å². The number of rotatable bonds is 5. The molecule has 11 nitrogen and oxygen atoms in total. The molecular formula is C22H20N8O3. The number of piperidine rings is 1. The Morgan fingerprint density at radius 1 is 1.27 bits per heavy atom. The van der Waals surface area contributed by atoms with E-state index in [1.165, 1.54) is 18.2 Å². The largest absolute Gasteiger partial charge is 0.507 e. The van der Waals surface area contributed by atoms with Crippen molar-refractivity contribution in [1.82, 2.24) is 19.6 Å². The molecule has 3 aromatic heterocycles. The Morgan fingerprint density at radius 3 is 2.85 bits per heavy atom. The number of nitrogens with zero attached hydrogens (tertiary/aromatic N) is 7. The lowest BCUT2D eigenvalue weighted by atomic mass is 9.95. The van der Waals surface area contributed by atoms with Gasteiger partial charge in [-0.3, -0.25) is 0 Å². The molecule has 166 valence electrons. The summed E-state index contributed by atoms with van der Waals surface area (Å²) in [6.45, 7) is 1.47. The summed E-state index contributed by atoms with van der Waals surface area (Å²) < 4.78 is 1.93. The molecule has 5 rings (SSSR count). The number of aromatic carboxylic acids is 1. The van der Waals surface area contributed by atoms with Crippen LogP contribution in [-0.2, 0) is 0 Å². The van der Waals surface area contributed by atoms with E-state index in [-0.39, 0.29) is 17.0 Å². The third kappa shape index (κ3) is 3.71. The number of carbonyl (C=O) groups is 1. The van der Waals surface area contributed by atoms with Gasteiger partial charge in [0.15, 0.2) is 0 Å². The zero-order chi connectivity index (χ0) is 22.9. The van der Waals surface area contributed by atoms with Crippen molar-refractivity contribution in [3.05, 3.63) is 42.2 Å². The topological polar surface area (TPSA) is 156 Å². The van der Waals surface area contributed by atoms with E-state index in [9.17, 15) is 15.0 Å². The molecule has 0 saturated carbocycles. The lowest BCUT2D eigenvalue weighted by molar-refractivity contribution is 0.0693. The van der Waals surface area contributed by atoms with Gasteiger partial charge in [0.1, 0.15) is 28.0 Å². The van der Waals surface area contributed by atoms with Gasteiger partial charge in [-0.05, 0) is 43.0 Å². The van der Waals surface area contributed by atoms with Gasteiger partial charge in [0.2, 0.25) is 0 Å². The van der Waals surface area contributed by atoms with Crippen LogP contribution in [0.2, 0.25) is 0 Å². The molecule has 0 spiro atoms. The van der Waals surface area contributed by atoms with Crippen molar-refractivity contribution in [1.29, 1.82) is 5.26 Å². The summed E-state index contributed by atoms with van der Waals surface area (Å²) >= 11 is 0. The SMILES string of the molecule is N#CCC1CCN(n2c(N=Nc3ccc(O)c(C(=O)O)c3)nc3cnc4[nH]ccc4c32)CC1. The molecule has 11 heteroatoms. The molecule has 0 unspecified atom stereocenters. The molecule has 1 saturated heterocycles. The average Bonchev–Trinajstić information content (AvgIpc) is 3.43. The van der Waals surface area contributed by atoms with Gasteiger partial charge in [-0.1, -0.05) is 0 Å². The van der Waals surface area contributed by atoms with Crippen LogP contribution in [0.3, 0.4) is 0 Å². The number of H-pyrrole nitrogens is 1. The second-order valence-electron chi connectivity index (χ2n) is 7.92. The smallest absolute Gasteiger partial charge is 0.339 e. The highest BCUT2D eigenvalue weighted by molar-refractivity contribution is 6.02. The van der Waals surface area contributed by atoms with E-state index in [0.29, 0.717) is 23.8 Å². The minimum Gasteiger partial charge on any atom is -0.507 e. The number of aromatic nitrogens is 4. The van der Waals surface area contributed by atoms with E-state index < -0.39 is 5.97 Å². The van der Waals surface area contributed by atoms with Crippen LogP contribution in [0, 0.1) is 17.2 Å². The highest BCUT2D eigenvalue weighted by Gasteiger charge is 2.24. The number of hydrogen-bond acceptors (Lipinski definition) is 8. The van der Waals surface area contributed by atoms with Gasteiger partial charge < -0.3 is 20.2 Å². The van der Waals surface area contributed by atoms with Crippen LogP contribution >= 0.6 is 0 Å². The number of pyridine rings is 1. The number of aromatic amines is 1. The number of fused-ring (bicyclic) bond motifs is 3. The summed E-state index contributed by atoms with van der Waals surface area (Å²) in [6.07, 6.45) is 5.80. The van der Waals surface area contributed by atoms with Crippen LogP contribution in [0.1, 0.15) is 29.6 Å². The molecule has 3 N–H and O–H groups in total. The minimum atomic E-state index is -1.25. The van der Waals surface area contributed by atoms with Crippen molar-refractivity contribution in [2.75, 3.05) is 18.1 Å². The Kier molecular flexibility index (Phi) is 5.10. The maximum Gasteiger partial charge on any atom is 0.339 e. The lowest BCUT2D eigenvalue weighted by Crippen LogP contribution is -2.41. The van der Waals surface area contributed by atoms with Gasteiger partial charge in [0.25, 0.3) is 5.95 Å². The molecule has 1 aliphatic rings. The Labute approximate surface area is 187 Å². The molecule has 0 amide bonds. The number of carboxylic acids is 1. The zero-order valence-corrected chi connectivity index (χ0v) is 17.5. The third-order valence-corrected chi connectivity index (χ3v) is 5.88. The van der Waals surface area contributed by atoms with Gasteiger partial charge in [-0.15, -0.1) is 10.2 Å². The number of nitrogens with one attached hydrogen (secondary N) is 1. The number of aromatic hydroxyl groups is 1. The van der Waals surface area contributed by atoms with E-state index in [2.05, 4.69) is 36.3 Å². The summed E-state index contributed by atoms with van der Waals surface area (Å²) in [5, 5.41) is 39.6. The zero-order valence-electron chi connectivity index (χ0n) is 17.5. The van der Waals surface area contributed by atoms with Gasteiger partial charge in [0, 0.05) is 31.1 Å². The van der Waals surface area contributed by atoms with Crippen molar-refractivity contribution in [2.45, 2.75) is 19.3 Å². The van der Waals surface area contributed by atoms with Crippen molar-refractivity contribution >= 4 is 39.7 Å². The minimum absolute atomic E-state index is 0.252. The van der Waals surface area contributed by atoms with Crippen LogP contribution in [0.4, 0.5) is 11.6 Å². The maximum atomic E-state index is 11.3. The molecule has 0 atom stereocenters. The molecule has 0 bridgehead atoms. The third-order valence-electron chi connectivity index (χ3n) is 5.88. The average molecular weight is 444 g/mol. The van der Waals surface area contributed by atoms with E-state index in [0.717, 1.165) is 42.5 Å². The second-order valence-corrected chi connectivity index (χ2v) is 7.92. The highest BCUT2D eigenvalue weighted by atomic mass is 16.4. The first kappa shape index (κ1) is 20.4. The highest BCUT2D eigenvalue weighted by Crippen LogP contribution is 2.31. The Bertz CT molecular complexity index is 1420. The van der Waals surface area contributed by atoms with Crippen LogP contribution in [0.25, 0.3) is 22.1 Å². The lowest BCUT2D eigenvalue weighted by Gasteiger charge is -2.33. The summed E-state index contributed by atoms with van der Waals surface area (Å²) in [6, 6.07) is 8.21. The van der Waals surface area contributed by atoms with E-state index in [1.54, 1.807) is 6.20 Å². The normalized spacial score (nSPS) is 14.9. The predicted octanol–water partition coefficient (Wildman–Crippen LogP) is 3.99. The fraction of sp³-hybridized carbons (Fsp3) is 0.273. The standard InChI is InChI=1S/C22H20N8O3/c23-7-3-13-5-9-29(10-6-13)30-19-15-4-8-24-20(15)25-12-17(19)26-22(30)28-27-14-1-2-18(31)16(11-14)21(32)33/h1-2,4,8,11-13,31H,3,5-6,9-10H2,(H,24,25)(H,32,33). The Hall–Kier alpha value is -4.46. The molecular weight excluding hydrogens is 424 g/mol. The maximum absolute atomic E-state index is 11.3. The summed E-state index contributed by atoms with van der Waals surface area (Å²) in [5.41, 5.74) is 2.27. The number of imidazole rings is 1. The number of phenols is 1. The van der Waals surface area contributed by atoms with Crippen molar-refractivity contribution in [3.8, 4) is 11.8 Å². The summed E-state index contributed by atoms with van der Waals surface area (Å²) in [4.78, 5) is 23.5. The van der Waals surface area contributed by atoms with Crippen molar-refractivity contribution in [3.63, 3.8) is 0 Å². The Morgan fingerprint density at radius 2 is 2.09 bits per heavy atom. The summed E-state index contributed by atoms with van der Waals surface area (Å²) in [7, 11) is 0. The number of carboxylic acid groups (broad SMARTS) is 1. The monoisotopic (exact) mass is 444 g/mol. The summed E-state index contributed by atoms with van der Waals surface area (Å²) in [5.74, 6) is -0.886. The quantitative estimate of drug-likeness (QED) is 0.393. The number of hydrogen-bond donors (Lipinski definition) is 3. The van der Waals surface area contributed by atoms with Crippen LogP contribution in [0.5, 0.6) is 5.75 Å². The van der Waals surface area contributed by atoms with Gasteiger partial charge >= 0.3 is 5.97 Å². The van der Waals surface area contributed by atoms with Crippen LogP contribution in [0.15, 0.2) is 46.9 Å². The molecule has 4 aromatic rings. The van der Waals surface area contributed by atoms with Crippen LogP contribution < -0.4 is 5.01 Å². The van der Waals surface area contributed by atoms with E-state index in [1.807, 2.05) is 16.9 Å². The second kappa shape index (κ2) is 8.23. The molecule has 4 heterocycles. The predicted molar refractivity (Wildman–Crippen MR) is 120 cm³/mol. The molecule has 1 aliphatic heterocycles. The fourth-order valence-electron chi connectivity index (χ4n) is 4.19. The first-order chi connectivity index (χ1) is 16.0. The van der Waals surface area contributed by atoms with Gasteiger partial charge in [0.05, 0.1) is 18.0 Å². The fourth-order valence-corrected chi connectivity index (χ4v) is 4.19.